The van der Waals surface area contributed by atoms with E-state index in [1.54, 1.807) is 0 Å². The topological polar surface area (TPSA) is 38.8 Å². The van der Waals surface area contributed by atoms with Crippen LogP contribution in [0.15, 0.2) is 18.2 Å². The number of nitrogens with zero attached hydrogens (tertiary/aromatic N) is 3. The van der Waals surface area contributed by atoms with E-state index in [1.807, 2.05) is 0 Å². The van der Waals surface area contributed by atoms with Crippen LogP contribution in [0.25, 0.3) is 0 Å². The summed E-state index contributed by atoms with van der Waals surface area (Å²) in [5.74, 6) is -1.32. The Bertz CT molecular complexity index is 1270. The Labute approximate surface area is 204 Å². The molecule has 1 heterocycles. The molecule has 1 N–H and O–H groups in total. The summed E-state index contributed by atoms with van der Waals surface area (Å²) in [6, 6.07) is 1.32. The molecule has 0 radical (unpaired) electrons. The highest BCUT2D eigenvalue weighted by atomic mass is 35.5. The molecule has 0 aromatic heterocycles. The zero-order valence-electron chi connectivity index (χ0n) is 32.7. The van der Waals surface area contributed by atoms with Gasteiger partial charge in [0.2, 0.25) is 0 Å². The third-order valence-corrected chi connectivity index (χ3v) is 5.17. The molecular weight excluding hydrogens is 395 g/mol. The minimum Gasteiger partial charge on any atom is -0.368 e. The molecule has 28 heavy (non-hydrogen) atoms. The minimum absolute atomic E-state index is 0.0894. The van der Waals surface area contributed by atoms with Gasteiger partial charge in [-0.05, 0) is 56.6 Å². The summed E-state index contributed by atoms with van der Waals surface area (Å²) in [5.41, 5.74) is -0.531. The molecule has 2 fully saturated rings. The van der Waals surface area contributed by atoms with Gasteiger partial charge in [0, 0.05) is 65.2 Å². The lowest BCUT2D eigenvalue weighted by molar-refractivity contribution is 0.194. The fraction of sp³-hybridized carbons (Fsp3) is 0.667. The van der Waals surface area contributed by atoms with Crippen LogP contribution in [-0.4, -0.2) is 68.3 Å². The Morgan fingerprint density at radius 3 is 2.64 bits per heavy atom. The number of halogens is 2. The molecule has 0 unspecified atom stereocenters. The maximum Gasteiger partial charge on any atom is 0.317 e. The molecular formula is C21H32Cl2N4O. The number of amides is 2. The molecule has 2 aliphatic rings. The van der Waals surface area contributed by atoms with Crippen LogP contribution < -0.4 is 10.2 Å². The molecule has 156 valence electrons. The van der Waals surface area contributed by atoms with Crippen molar-refractivity contribution in [1.29, 1.82) is 0 Å². The van der Waals surface area contributed by atoms with Crippen molar-refractivity contribution in [2.75, 3.05) is 51.3 Å². The second-order valence-corrected chi connectivity index (χ2v) is 7.07. The summed E-state index contributed by atoms with van der Waals surface area (Å²) in [5, 5.41) is 1.66. The highest BCUT2D eigenvalue weighted by molar-refractivity contribution is 6.43. The number of urea groups is 1. The van der Waals surface area contributed by atoms with Crippen LogP contribution in [0.4, 0.5) is 10.5 Å². The normalized spacial score (nSPS) is 42.1. The van der Waals surface area contributed by atoms with Gasteiger partial charge < -0.3 is 15.1 Å². The van der Waals surface area contributed by atoms with Crippen LogP contribution in [0.2, 0.25) is 10.0 Å². The Hall–Kier alpha value is -1.17. The molecule has 3 rings (SSSR count). The molecule has 2 amide bonds. The van der Waals surface area contributed by atoms with Gasteiger partial charge >= 0.3 is 6.03 Å². The lowest BCUT2D eigenvalue weighted by Crippen LogP contribution is -2.47. The van der Waals surface area contributed by atoms with E-state index in [4.69, 9.17) is 47.9 Å². The van der Waals surface area contributed by atoms with Crippen molar-refractivity contribution in [2.24, 2.45) is 5.92 Å². The van der Waals surface area contributed by atoms with E-state index in [0.717, 1.165) is 6.07 Å². The zero-order chi connectivity index (χ0) is 35.9. The molecule has 1 aliphatic carbocycles. The van der Waals surface area contributed by atoms with Gasteiger partial charge in [-0.25, -0.2) is 4.79 Å². The lowest BCUT2D eigenvalue weighted by Gasteiger charge is -2.37. The first kappa shape index (κ1) is 8.16. The van der Waals surface area contributed by atoms with E-state index in [1.165, 1.54) is 12.1 Å². The van der Waals surface area contributed by atoms with Crippen molar-refractivity contribution in [3.63, 3.8) is 0 Å². The summed E-state index contributed by atoms with van der Waals surface area (Å²) in [6.07, 6.45) is -3.85. The van der Waals surface area contributed by atoms with Crippen molar-refractivity contribution < 1.29 is 29.5 Å². The highest BCUT2D eigenvalue weighted by Crippen LogP contribution is 2.33. The number of carbonyl (C=O) groups excluding carboxylic acids is 1. The first-order valence-corrected chi connectivity index (χ1v) is 9.30. The third kappa shape index (κ3) is 5.68. The van der Waals surface area contributed by atoms with Crippen LogP contribution in [0.5, 0.6) is 0 Å². The summed E-state index contributed by atoms with van der Waals surface area (Å²) >= 11 is 12.2. The Balaban J connectivity index is 1.95. The predicted octanol–water partition coefficient (Wildman–Crippen LogP) is 4.34. The minimum atomic E-state index is -3.76. The van der Waals surface area contributed by atoms with Gasteiger partial charge in [0.1, 0.15) is 0 Å². The van der Waals surface area contributed by atoms with Crippen molar-refractivity contribution in [3.05, 3.63) is 28.2 Å². The van der Waals surface area contributed by atoms with Crippen molar-refractivity contribution in [1.82, 2.24) is 15.1 Å². The summed E-state index contributed by atoms with van der Waals surface area (Å²) < 4.78 is 149. The van der Waals surface area contributed by atoms with E-state index in [9.17, 15) is 4.79 Å². The number of carbonyl (C=O) groups is 1. The smallest absolute Gasteiger partial charge is 0.317 e. The van der Waals surface area contributed by atoms with Crippen molar-refractivity contribution in [2.45, 2.75) is 38.1 Å². The SMILES string of the molecule is [2H]C([2H])([2H])N(C(=O)NC1CCC(C([2H])([2H])C([2H])([2H])N2C([2H])([2H])C([2H])([2H])N(c3cccc(Cl)c3Cl)C([2H])([2H])C2([2H])[2H])CC1)C([2H])([2H])[2H]. The van der Waals surface area contributed by atoms with Crippen LogP contribution in [0.3, 0.4) is 0 Å². The second-order valence-electron chi connectivity index (χ2n) is 6.28. The van der Waals surface area contributed by atoms with Crippen LogP contribution in [0, 0.1) is 5.92 Å². The van der Waals surface area contributed by atoms with E-state index in [-0.39, 0.29) is 40.5 Å². The summed E-state index contributed by atoms with van der Waals surface area (Å²) in [7, 11) is 0. The fourth-order valence-corrected chi connectivity index (χ4v) is 3.25. The molecule has 1 saturated heterocycles. The Morgan fingerprint density at radius 1 is 1.25 bits per heavy atom. The monoisotopic (exact) mass is 444 g/mol. The van der Waals surface area contributed by atoms with Gasteiger partial charge in [0.15, 0.2) is 0 Å². The van der Waals surface area contributed by atoms with Gasteiger partial charge in [-0.2, -0.15) is 0 Å². The number of hydrogen-bond donors (Lipinski definition) is 1. The van der Waals surface area contributed by atoms with Crippen LogP contribution in [0.1, 0.15) is 56.7 Å². The number of anilines is 1. The quantitative estimate of drug-likeness (QED) is 0.733. The molecule has 7 heteroatoms. The third-order valence-electron chi connectivity index (χ3n) is 4.36. The van der Waals surface area contributed by atoms with Crippen LogP contribution in [-0.2, 0) is 0 Å². The maximum absolute atomic E-state index is 12.6. The lowest BCUT2D eigenvalue weighted by atomic mass is 9.84. The van der Waals surface area contributed by atoms with Crippen LogP contribution >= 0.6 is 23.2 Å². The zero-order valence-corrected chi connectivity index (χ0v) is 16.2. The molecule has 0 spiro atoms. The van der Waals surface area contributed by atoms with E-state index >= 15 is 0 Å². The predicted molar refractivity (Wildman–Crippen MR) is 118 cm³/mol. The second kappa shape index (κ2) is 10.0. The molecule has 1 aliphatic heterocycles. The molecule has 0 bridgehead atoms. The highest BCUT2D eigenvalue weighted by Gasteiger charge is 2.24. The molecule has 1 saturated carbocycles. The Morgan fingerprint density at radius 2 is 1.96 bits per heavy atom. The van der Waals surface area contributed by atoms with Crippen molar-refractivity contribution in [3.8, 4) is 0 Å². The van der Waals surface area contributed by atoms with Gasteiger partial charge in [0.05, 0.1) is 21.2 Å². The van der Waals surface area contributed by atoms with E-state index in [0.29, 0.717) is 0 Å². The van der Waals surface area contributed by atoms with Gasteiger partial charge in [-0.3, -0.25) is 4.90 Å². The number of hydrogen-bond acceptors (Lipinski definition) is 3. The molecule has 0 atom stereocenters. The number of nitrogens with one attached hydrogen (secondary N) is 1. The van der Waals surface area contributed by atoms with E-state index < -0.39 is 86.4 Å². The van der Waals surface area contributed by atoms with Crippen molar-refractivity contribution >= 4 is 34.9 Å². The number of rotatable bonds is 5. The maximum atomic E-state index is 12.6. The Kier molecular flexibility index (Phi) is 2.93. The standard InChI is InChI=1S/C21H32Cl2N4O/c1-25(2)21(28)24-17-8-6-16(7-9-17)10-11-26-12-14-27(15-13-26)19-5-3-4-18(22)20(19)23/h3-5,16-17H,6-15H2,1-2H3,(H,24,28)/i1D3,2D3,10D2,11D2,12D2,13D2,14D2,15D2. The summed E-state index contributed by atoms with van der Waals surface area (Å²) in [6.45, 7) is -25.0. The average Bonchev–Trinajstić information content (AvgIpc) is 2.83. The first-order valence-electron chi connectivity index (χ1n) is 17.5. The van der Waals surface area contributed by atoms with Gasteiger partial charge in [-0.15, -0.1) is 0 Å². The molecule has 1 aromatic carbocycles. The fourth-order valence-electron chi connectivity index (χ4n) is 2.87. The largest absolute Gasteiger partial charge is 0.368 e. The number of piperazine rings is 1. The van der Waals surface area contributed by atoms with Gasteiger partial charge in [0.25, 0.3) is 0 Å². The number of benzene rings is 1. The summed E-state index contributed by atoms with van der Waals surface area (Å²) in [4.78, 5) is 12.0. The molecule has 5 nitrogen and oxygen atoms in total. The van der Waals surface area contributed by atoms with Gasteiger partial charge in [-0.1, -0.05) is 29.3 Å². The van der Waals surface area contributed by atoms with E-state index in [2.05, 4.69) is 5.32 Å². The molecule has 1 aromatic rings. The average molecular weight is 446 g/mol. The first-order chi connectivity index (χ1) is 20.4.